The van der Waals surface area contributed by atoms with Crippen LogP contribution in [0.1, 0.15) is 19.8 Å². The molecule has 0 unspecified atom stereocenters. The SMILES string of the molecule is CCCC(F)(F)C(F)(F)C(F)(F)C(F)(F)C(F)(F)C(F)(F)C(F)(F)C(F)(F)C(F)(F)C(F)(F)C(F)(F)C(F)(F)C(F)(F)C(F)(F)C(F)(F)C(F)(F)C(F)(F)F. The molecule has 332 valence electrons. The molecular weight excluding hydrogens is 905 g/mol. The smallest absolute Gasteiger partial charge is 0.200 e. The third kappa shape index (κ3) is 5.97. The lowest BCUT2D eigenvalue weighted by Crippen LogP contribution is -2.80. The van der Waals surface area contributed by atoms with Crippen LogP contribution in [0.4, 0.5) is 154 Å². The van der Waals surface area contributed by atoms with Gasteiger partial charge in [0.2, 0.25) is 0 Å². The molecule has 0 saturated heterocycles. The van der Waals surface area contributed by atoms with Gasteiger partial charge in [-0.3, -0.25) is 0 Å². The Kier molecular flexibility index (Phi) is 12.2. The molecule has 0 aliphatic carbocycles. The lowest BCUT2D eigenvalue weighted by molar-refractivity contribution is -0.492. The summed E-state index contributed by atoms with van der Waals surface area (Å²) in [6.07, 6.45) is -12.9. The Bertz CT molecular complexity index is 1370. The number of hydrogen-bond acceptors (Lipinski definition) is 0. The van der Waals surface area contributed by atoms with E-state index in [0.29, 0.717) is 0 Å². The molecule has 55 heavy (non-hydrogen) atoms. The zero-order valence-corrected chi connectivity index (χ0v) is 24.1. The molecule has 0 aromatic carbocycles. The van der Waals surface area contributed by atoms with Gasteiger partial charge in [-0.2, -0.15) is 154 Å². The Balaban J connectivity index is 7.79. The Morgan fingerprint density at radius 2 is 0.327 bits per heavy atom. The molecule has 0 atom stereocenters. The fourth-order valence-corrected chi connectivity index (χ4v) is 3.44. The molecule has 0 N–H and O–H groups in total. The first kappa shape index (κ1) is 52.6. The van der Waals surface area contributed by atoms with Crippen molar-refractivity contribution in [3.8, 4) is 0 Å². The molecule has 0 aliphatic rings. The van der Waals surface area contributed by atoms with Gasteiger partial charge in [0.15, 0.2) is 0 Å². The van der Waals surface area contributed by atoms with Crippen LogP contribution in [0.5, 0.6) is 0 Å². The van der Waals surface area contributed by atoms with Gasteiger partial charge in [0.05, 0.1) is 0 Å². The molecule has 35 heteroatoms. The number of halogens is 35. The normalized spacial score (nSPS) is 17.2. The molecular formula is C20H7F35. The predicted molar refractivity (Wildman–Crippen MR) is 100 cm³/mol. The Hall–Kier alpha value is -2.45. The lowest BCUT2D eigenvalue weighted by atomic mass is 9.82. The van der Waals surface area contributed by atoms with Gasteiger partial charge in [0.25, 0.3) is 0 Å². The number of rotatable bonds is 17. The van der Waals surface area contributed by atoms with Crippen LogP contribution >= 0.6 is 0 Å². The van der Waals surface area contributed by atoms with Crippen LogP contribution in [0.3, 0.4) is 0 Å². The average molecular weight is 912 g/mol. The van der Waals surface area contributed by atoms with Gasteiger partial charge >= 0.3 is 101 Å². The first-order valence-corrected chi connectivity index (χ1v) is 12.2. The molecule has 0 nitrogen and oxygen atoms in total. The van der Waals surface area contributed by atoms with Gasteiger partial charge < -0.3 is 0 Å². The van der Waals surface area contributed by atoms with E-state index in [4.69, 9.17) is 0 Å². The van der Waals surface area contributed by atoms with Crippen molar-refractivity contribution in [3.05, 3.63) is 0 Å². The van der Waals surface area contributed by atoms with Crippen molar-refractivity contribution >= 4 is 0 Å². The highest BCUT2D eigenvalue weighted by molar-refractivity contribution is 5.22. The summed E-state index contributed by atoms with van der Waals surface area (Å²) in [7, 11) is 0. The quantitative estimate of drug-likeness (QED) is 0.128. The van der Waals surface area contributed by atoms with E-state index < -0.39 is 114 Å². The zero-order valence-electron chi connectivity index (χ0n) is 24.1. The van der Waals surface area contributed by atoms with E-state index in [1.54, 1.807) is 0 Å². The van der Waals surface area contributed by atoms with Crippen molar-refractivity contribution in [2.75, 3.05) is 0 Å². The lowest BCUT2D eigenvalue weighted by Gasteiger charge is -2.47. The minimum absolute atomic E-state index is 0.245. The van der Waals surface area contributed by atoms with Crippen molar-refractivity contribution in [2.45, 2.75) is 121 Å². The van der Waals surface area contributed by atoms with E-state index in [1.165, 1.54) is 0 Å². The van der Waals surface area contributed by atoms with Crippen LogP contribution in [-0.2, 0) is 0 Å². The van der Waals surface area contributed by atoms with E-state index >= 15 is 0 Å². The maximum Gasteiger partial charge on any atom is 0.460 e. The van der Waals surface area contributed by atoms with Crippen molar-refractivity contribution in [1.29, 1.82) is 0 Å². The molecule has 0 bridgehead atoms. The summed E-state index contributed by atoms with van der Waals surface area (Å²) >= 11 is 0. The van der Waals surface area contributed by atoms with Gasteiger partial charge in [0.1, 0.15) is 0 Å². The standard InChI is InChI=1S/C20H7F35/c1-2-3-4(21,22)5(23,24)6(25,26)7(27,28)8(29,30)9(31,32)10(33,34)11(35,36)12(37,38)13(39,40)14(41,42)15(43,44)16(45,46)17(47,48)18(49,50)19(51,52)20(53,54)55/h2-3H2,1H3. The second-order valence-electron chi connectivity index (χ2n) is 10.6. The van der Waals surface area contributed by atoms with Gasteiger partial charge in [-0.25, -0.2) is 0 Å². The van der Waals surface area contributed by atoms with Crippen LogP contribution in [0.15, 0.2) is 0 Å². The van der Waals surface area contributed by atoms with Crippen LogP contribution in [0, 0.1) is 0 Å². The Labute approximate surface area is 275 Å². The molecule has 0 radical (unpaired) electrons. The van der Waals surface area contributed by atoms with Crippen LogP contribution in [0.25, 0.3) is 0 Å². The van der Waals surface area contributed by atoms with Crippen molar-refractivity contribution in [2.24, 2.45) is 0 Å². The molecule has 0 aromatic heterocycles. The first-order valence-electron chi connectivity index (χ1n) is 12.2. The minimum Gasteiger partial charge on any atom is -0.200 e. The summed E-state index contributed by atoms with van der Waals surface area (Å²) in [5.41, 5.74) is 0. The van der Waals surface area contributed by atoms with Gasteiger partial charge in [-0.15, -0.1) is 0 Å². The van der Waals surface area contributed by atoms with E-state index in [0.717, 1.165) is 0 Å². The Morgan fingerprint density at radius 1 is 0.200 bits per heavy atom. The molecule has 0 saturated carbocycles. The zero-order chi connectivity index (χ0) is 45.9. The third-order valence-electron chi connectivity index (χ3n) is 6.90. The van der Waals surface area contributed by atoms with E-state index in [9.17, 15) is 154 Å². The van der Waals surface area contributed by atoms with Crippen molar-refractivity contribution in [3.63, 3.8) is 0 Å². The molecule has 0 aliphatic heterocycles. The summed E-state index contributed by atoms with van der Waals surface area (Å²) in [5, 5.41) is 0. The summed E-state index contributed by atoms with van der Waals surface area (Å²) in [6.45, 7) is 0.245. The molecule has 0 fully saturated rings. The van der Waals surface area contributed by atoms with Crippen LogP contribution in [-0.4, -0.2) is 101 Å². The van der Waals surface area contributed by atoms with Crippen molar-refractivity contribution in [1.82, 2.24) is 0 Å². The Morgan fingerprint density at radius 3 is 0.455 bits per heavy atom. The van der Waals surface area contributed by atoms with Gasteiger partial charge in [-0.1, -0.05) is 13.3 Å². The summed E-state index contributed by atoms with van der Waals surface area (Å²) < 4.78 is 472. The van der Waals surface area contributed by atoms with Crippen LogP contribution in [0.2, 0.25) is 0 Å². The number of hydrogen-bond donors (Lipinski definition) is 0. The van der Waals surface area contributed by atoms with Gasteiger partial charge in [-0.05, 0) is 0 Å². The molecule has 0 aromatic rings. The first-order chi connectivity index (χ1) is 23.1. The minimum atomic E-state index is -10.3. The highest BCUT2D eigenvalue weighted by atomic mass is 19.4. The van der Waals surface area contributed by atoms with Gasteiger partial charge in [0, 0.05) is 6.42 Å². The highest BCUT2D eigenvalue weighted by Gasteiger charge is 3.02. The molecule has 0 spiro atoms. The second kappa shape index (κ2) is 12.8. The summed E-state index contributed by atoms with van der Waals surface area (Å²) in [6, 6.07) is 0. The largest absolute Gasteiger partial charge is 0.460 e. The fourth-order valence-electron chi connectivity index (χ4n) is 3.44. The monoisotopic (exact) mass is 912 g/mol. The van der Waals surface area contributed by atoms with E-state index in [1.807, 2.05) is 0 Å². The average Bonchev–Trinajstić information content (AvgIpc) is 2.94. The molecule has 0 rings (SSSR count). The summed E-state index contributed by atoms with van der Waals surface area (Å²) in [5.74, 6) is -153. The summed E-state index contributed by atoms with van der Waals surface area (Å²) in [4.78, 5) is 0. The topological polar surface area (TPSA) is 0 Å². The van der Waals surface area contributed by atoms with E-state index in [2.05, 4.69) is 0 Å². The maximum absolute atomic E-state index is 13.9. The second-order valence-corrected chi connectivity index (χ2v) is 10.6. The molecule has 0 heterocycles. The van der Waals surface area contributed by atoms with Crippen LogP contribution < -0.4 is 0 Å². The highest BCUT2D eigenvalue weighted by Crippen LogP contribution is 2.70. The predicted octanol–water partition coefficient (Wildman–Crippen LogP) is 12.5. The molecule has 0 amide bonds. The van der Waals surface area contributed by atoms with E-state index in [-0.39, 0.29) is 6.92 Å². The van der Waals surface area contributed by atoms with Crippen molar-refractivity contribution < 1.29 is 154 Å². The third-order valence-corrected chi connectivity index (χ3v) is 6.90. The fraction of sp³-hybridized carbons (Fsp3) is 1.00. The maximum atomic E-state index is 13.9. The number of alkyl halides is 35.